The van der Waals surface area contributed by atoms with Gasteiger partial charge in [0.25, 0.3) is 0 Å². The van der Waals surface area contributed by atoms with E-state index < -0.39 is 0 Å². The molecule has 1 aliphatic heterocycles. The summed E-state index contributed by atoms with van der Waals surface area (Å²) < 4.78 is 2.27. The van der Waals surface area contributed by atoms with Crippen LogP contribution in [0.15, 0.2) is 24.3 Å². The van der Waals surface area contributed by atoms with Gasteiger partial charge in [0, 0.05) is 31.6 Å². The van der Waals surface area contributed by atoms with Crippen LogP contribution >= 0.6 is 0 Å². The number of para-hydroxylation sites is 2. The second-order valence-electron chi connectivity index (χ2n) is 6.33. The molecule has 1 N–H and O–H groups in total. The molecule has 3 heterocycles. The van der Waals surface area contributed by atoms with Crippen LogP contribution in [0, 0.1) is 0 Å². The Balaban J connectivity index is 1.68. The quantitative estimate of drug-likeness (QED) is 0.790. The highest BCUT2D eigenvalue weighted by Crippen LogP contribution is 2.26. The van der Waals surface area contributed by atoms with Gasteiger partial charge >= 0.3 is 0 Å². The van der Waals surface area contributed by atoms with Gasteiger partial charge in [0.1, 0.15) is 5.82 Å². The highest BCUT2D eigenvalue weighted by atomic mass is 15.3. The number of fused-ring (bicyclic) bond motifs is 2. The van der Waals surface area contributed by atoms with E-state index in [2.05, 4.69) is 41.4 Å². The summed E-state index contributed by atoms with van der Waals surface area (Å²) in [5, 5.41) is 0. The van der Waals surface area contributed by atoms with Crippen LogP contribution < -0.4 is 4.90 Å². The molecular weight excluding hydrogens is 274 g/mol. The van der Waals surface area contributed by atoms with Crippen molar-refractivity contribution in [3.8, 4) is 0 Å². The Bertz CT molecular complexity index is 794. The van der Waals surface area contributed by atoms with E-state index in [0.717, 1.165) is 36.5 Å². The van der Waals surface area contributed by atoms with E-state index in [0.29, 0.717) is 5.92 Å². The summed E-state index contributed by atoms with van der Waals surface area (Å²) in [5.74, 6) is 2.58. The highest BCUT2D eigenvalue weighted by Gasteiger charge is 2.25. The lowest BCUT2D eigenvalue weighted by atomic mass is 10.1. The van der Waals surface area contributed by atoms with Crippen LogP contribution in [-0.2, 0) is 20.0 Å². The topological polar surface area (TPSA) is 49.7 Å². The zero-order valence-electron chi connectivity index (χ0n) is 13.3. The first-order valence-electron chi connectivity index (χ1n) is 7.87. The van der Waals surface area contributed by atoms with E-state index in [-0.39, 0.29) is 0 Å². The average molecular weight is 295 g/mol. The molecule has 0 spiro atoms. The Morgan fingerprint density at radius 2 is 2.00 bits per heavy atom. The van der Waals surface area contributed by atoms with Gasteiger partial charge in [-0.25, -0.2) is 9.97 Å². The minimum Gasteiger partial charge on any atom is -0.336 e. The van der Waals surface area contributed by atoms with Crippen molar-refractivity contribution >= 4 is 17.0 Å². The zero-order chi connectivity index (χ0) is 15.3. The first-order chi connectivity index (χ1) is 10.6. The van der Waals surface area contributed by atoms with Crippen molar-refractivity contribution in [3.63, 3.8) is 0 Å². The molecule has 4 rings (SSSR count). The molecule has 0 saturated carbocycles. The number of hydrogen-bond acceptors (Lipinski definition) is 3. The zero-order valence-corrected chi connectivity index (χ0v) is 13.3. The van der Waals surface area contributed by atoms with Crippen LogP contribution in [-0.4, -0.2) is 26.1 Å². The van der Waals surface area contributed by atoms with Gasteiger partial charge in [-0.15, -0.1) is 0 Å². The fourth-order valence-electron chi connectivity index (χ4n) is 3.34. The van der Waals surface area contributed by atoms with Gasteiger partial charge in [0.2, 0.25) is 5.95 Å². The number of rotatable bonds is 2. The van der Waals surface area contributed by atoms with Gasteiger partial charge in [0.15, 0.2) is 0 Å². The van der Waals surface area contributed by atoms with Gasteiger partial charge < -0.3 is 14.5 Å². The van der Waals surface area contributed by atoms with Crippen LogP contribution in [0.3, 0.4) is 0 Å². The molecule has 114 valence electrons. The van der Waals surface area contributed by atoms with Gasteiger partial charge in [-0.2, -0.15) is 0 Å². The SMILES string of the molecule is CC(C)c1nc2c(n1C)CCN(c1nc3ccccc3[nH]1)C2. The average Bonchev–Trinajstić information content (AvgIpc) is 3.08. The maximum absolute atomic E-state index is 4.86. The number of aromatic nitrogens is 4. The van der Waals surface area contributed by atoms with Gasteiger partial charge in [-0.3, -0.25) is 0 Å². The molecule has 5 nitrogen and oxygen atoms in total. The number of benzene rings is 1. The van der Waals surface area contributed by atoms with E-state index in [1.165, 1.54) is 17.2 Å². The lowest BCUT2D eigenvalue weighted by molar-refractivity contribution is 0.656. The molecule has 0 atom stereocenters. The number of H-pyrrole nitrogens is 1. The highest BCUT2D eigenvalue weighted by molar-refractivity contribution is 5.77. The minimum absolute atomic E-state index is 0.454. The van der Waals surface area contributed by atoms with E-state index >= 15 is 0 Å². The third-order valence-electron chi connectivity index (χ3n) is 4.48. The predicted molar refractivity (Wildman–Crippen MR) is 88.1 cm³/mol. The number of imidazole rings is 2. The van der Waals surface area contributed by atoms with E-state index in [1.807, 2.05) is 18.2 Å². The van der Waals surface area contributed by atoms with Gasteiger partial charge in [-0.05, 0) is 12.1 Å². The summed E-state index contributed by atoms with van der Waals surface area (Å²) in [6, 6.07) is 8.17. The number of aromatic amines is 1. The summed E-state index contributed by atoms with van der Waals surface area (Å²) in [5.41, 5.74) is 4.67. The van der Waals surface area contributed by atoms with Crippen molar-refractivity contribution in [1.82, 2.24) is 19.5 Å². The maximum Gasteiger partial charge on any atom is 0.204 e. The van der Waals surface area contributed by atoms with Crippen LogP contribution in [0.5, 0.6) is 0 Å². The largest absolute Gasteiger partial charge is 0.336 e. The summed E-state index contributed by atoms with van der Waals surface area (Å²) in [6.45, 7) is 6.20. The standard InChI is InChI=1S/C17H21N5/c1-11(2)16-18-14-10-22(9-8-15(14)21(16)3)17-19-12-6-4-5-7-13(12)20-17/h4-7,11H,8-10H2,1-3H3,(H,19,20). The van der Waals surface area contributed by atoms with Crippen molar-refractivity contribution in [3.05, 3.63) is 41.5 Å². The van der Waals surface area contributed by atoms with Crippen molar-refractivity contribution in [2.75, 3.05) is 11.4 Å². The molecule has 0 fully saturated rings. The number of nitrogens with zero attached hydrogens (tertiary/aromatic N) is 4. The van der Waals surface area contributed by atoms with Crippen LogP contribution in [0.1, 0.15) is 37.0 Å². The number of hydrogen-bond donors (Lipinski definition) is 1. The lowest BCUT2D eigenvalue weighted by Crippen LogP contribution is -2.31. The fourth-order valence-corrected chi connectivity index (χ4v) is 3.34. The van der Waals surface area contributed by atoms with Crippen molar-refractivity contribution < 1.29 is 0 Å². The Labute approximate surface area is 130 Å². The molecule has 3 aromatic rings. The Hall–Kier alpha value is -2.30. The van der Waals surface area contributed by atoms with Crippen LogP contribution in [0.4, 0.5) is 5.95 Å². The molecule has 0 unspecified atom stereocenters. The monoisotopic (exact) mass is 295 g/mol. The third kappa shape index (κ3) is 2.00. The molecule has 0 bridgehead atoms. The summed E-state index contributed by atoms with van der Waals surface area (Å²) in [4.78, 5) is 15.3. The van der Waals surface area contributed by atoms with Crippen molar-refractivity contribution in [2.45, 2.75) is 32.7 Å². The molecule has 2 aromatic heterocycles. The first-order valence-corrected chi connectivity index (χ1v) is 7.87. The molecular formula is C17H21N5. The van der Waals surface area contributed by atoms with E-state index in [9.17, 15) is 0 Å². The number of anilines is 1. The maximum atomic E-state index is 4.86. The molecule has 0 radical (unpaired) electrons. The normalized spacial score (nSPS) is 14.8. The second kappa shape index (κ2) is 4.87. The van der Waals surface area contributed by atoms with Crippen LogP contribution in [0.25, 0.3) is 11.0 Å². The molecule has 22 heavy (non-hydrogen) atoms. The molecule has 1 aromatic carbocycles. The summed E-state index contributed by atoms with van der Waals surface area (Å²) in [6.07, 6.45) is 1.02. The predicted octanol–water partition coefficient (Wildman–Crippen LogP) is 2.98. The van der Waals surface area contributed by atoms with Crippen LogP contribution in [0.2, 0.25) is 0 Å². The summed E-state index contributed by atoms with van der Waals surface area (Å²) >= 11 is 0. The molecule has 5 heteroatoms. The van der Waals surface area contributed by atoms with Crippen molar-refractivity contribution in [2.24, 2.45) is 7.05 Å². The Kier molecular flexibility index (Phi) is 2.96. The molecule has 0 aliphatic carbocycles. The second-order valence-corrected chi connectivity index (χ2v) is 6.33. The third-order valence-corrected chi connectivity index (χ3v) is 4.48. The minimum atomic E-state index is 0.454. The Morgan fingerprint density at radius 1 is 1.18 bits per heavy atom. The van der Waals surface area contributed by atoms with Gasteiger partial charge in [-0.1, -0.05) is 26.0 Å². The lowest BCUT2D eigenvalue weighted by Gasteiger charge is -2.26. The first kappa shape index (κ1) is 13.4. The Morgan fingerprint density at radius 3 is 2.77 bits per heavy atom. The molecule has 1 aliphatic rings. The number of nitrogens with one attached hydrogen (secondary N) is 1. The fraction of sp³-hybridized carbons (Fsp3) is 0.412. The van der Waals surface area contributed by atoms with E-state index in [4.69, 9.17) is 9.97 Å². The van der Waals surface area contributed by atoms with Gasteiger partial charge in [0.05, 0.1) is 23.3 Å². The van der Waals surface area contributed by atoms with E-state index in [1.54, 1.807) is 0 Å². The molecule has 0 saturated heterocycles. The molecule has 0 amide bonds. The summed E-state index contributed by atoms with van der Waals surface area (Å²) in [7, 11) is 2.14. The van der Waals surface area contributed by atoms with Crippen molar-refractivity contribution in [1.29, 1.82) is 0 Å². The smallest absolute Gasteiger partial charge is 0.204 e.